The Bertz CT molecular complexity index is 687. The molecular weight excluding hydrogens is 268 g/mol. The first-order valence-corrected chi connectivity index (χ1v) is 6.89. The number of rotatable bonds is 3. The van der Waals surface area contributed by atoms with E-state index >= 15 is 0 Å². The molecule has 2 aromatic rings. The maximum absolute atomic E-state index is 11.0. The van der Waals surface area contributed by atoms with E-state index in [0.717, 1.165) is 30.5 Å². The summed E-state index contributed by atoms with van der Waals surface area (Å²) >= 11 is 0. The van der Waals surface area contributed by atoms with Crippen LogP contribution in [0.4, 0.5) is 17.2 Å². The van der Waals surface area contributed by atoms with Gasteiger partial charge in [0.05, 0.1) is 6.04 Å². The van der Waals surface area contributed by atoms with Gasteiger partial charge in [0.2, 0.25) is 0 Å². The first-order chi connectivity index (χ1) is 10.1. The molecule has 0 saturated heterocycles. The van der Waals surface area contributed by atoms with Crippen molar-refractivity contribution in [2.24, 2.45) is 0 Å². The molecule has 21 heavy (non-hydrogen) atoms. The van der Waals surface area contributed by atoms with Crippen LogP contribution in [0.3, 0.4) is 0 Å². The van der Waals surface area contributed by atoms with Crippen molar-refractivity contribution in [1.82, 2.24) is 4.98 Å². The third kappa shape index (κ3) is 2.65. The highest BCUT2D eigenvalue weighted by Gasteiger charge is 2.23. The molecule has 0 bridgehead atoms. The smallest absolute Gasteiger partial charge is 0.386 e. The molecule has 1 aromatic carbocycles. The quantitative estimate of drug-likeness (QED) is 0.513. The molecule has 1 heterocycles. The number of fused-ring (bicyclic) bond motifs is 1. The Labute approximate surface area is 122 Å². The number of nitro groups is 1. The standard InChI is InChI=1S/C15H16N4O2/c16-11-6-7-12-10(9-11)3-1-4-13(12)18-14-5-2-8-17-15(14)19(20)21/h2,5-9,13,18H,1,3-4,16H2. The summed E-state index contributed by atoms with van der Waals surface area (Å²) in [6.07, 6.45) is 4.39. The van der Waals surface area contributed by atoms with Crippen LogP contribution in [-0.4, -0.2) is 9.91 Å². The molecule has 0 radical (unpaired) electrons. The lowest BCUT2D eigenvalue weighted by molar-refractivity contribution is -0.388. The lowest BCUT2D eigenvalue weighted by Crippen LogP contribution is -2.18. The van der Waals surface area contributed by atoms with Crippen molar-refractivity contribution in [3.05, 3.63) is 57.8 Å². The SMILES string of the molecule is Nc1ccc2c(c1)CCCC2Nc1cccnc1[N+](=O)[O-]. The summed E-state index contributed by atoms with van der Waals surface area (Å²) in [5.74, 6) is -0.139. The van der Waals surface area contributed by atoms with E-state index in [0.29, 0.717) is 5.69 Å². The third-order valence-electron chi connectivity index (χ3n) is 3.77. The number of aryl methyl sites for hydroxylation is 1. The Morgan fingerprint density at radius 1 is 1.38 bits per heavy atom. The predicted octanol–water partition coefficient (Wildman–Crippen LogP) is 3.06. The number of nitrogens with two attached hydrogens (primary N) is 1. The number of nitrogen functional groups attached to an aromatic ring is 1. The van der Waals surface area contributed by atoms with Crippen LogP contribution in [0.5, 0.6) is 0 Å². The zero-order valence-corrected chi connectivity index (χ0v) is 11.5. The van der Waals surface area contributed by atoms with Gasteiger partial charge in [0.25, 0.3) is 0 Å². The van der Waals surface area contributed by atoms with Crippen molar-refractivity contribution in [3.63, 3.8) is 0 Å². The van der Waals surface area contributed by atoms with Crippen LogP contribution in [0.1, 0.15) is 30.0 Å². The van der Waals surface area contributed by atoms with Crippen molar-refractivity contribution >= 4 is 17.2 Å². The fourth-order valence-corrected chi connectivity index (χ4v) is 2.83. The fourth-order valence-electron chi connectivity index (χ4n) is 2.83. The molecule has 3 rings (SSSR count). The first-order valence-electron chi connectivity index (χ1n) is 6.89. The minimum atomic E-state index is -0.463. The number of benzene rings is 1. The van der Waals surface area contributed by atoms with Crippen LogP contribution >= 0.6 is 0 Å². The van der Waals surface area contributed by atoms with Gasteiger partial charge in [-0.25, -0.2) is 0 Å². The molecule has 0 saturated carbocycles. The number of pyridine rings is 1. The molecule has 1 aliphatic carbocycles. The molecule has 6 heteroatoms. The molecule has 1 aliphatic rings. The van der Waals surface area contributed by atoms with Crippen LogP contribution in [0.25, 0.3) is 0 Å². The summed E-state index contributed by atoms with van der Waals surface area (Å²) in [4.78, 5) is 14.4. The van der Waals surface area contributed by atoms with Crippen LogP contribution in [0.2, 0.25) is 0 Å². The highest BCUT2D eigenvalue weighted by molar-refractivity contribution is 5.59. The van der Waals surface area contributed by atoms with Gasteiger partial charge in [0.1, 0.15) is 11.9 Å². The summed E-state index contributed by atoms with van der Waals surface area (Å²) in [5, 5.41) is 14.3. The van der Waals surface area contributed by atoms with Gasteiger partial charge in [0.15, 0.2) is 0 Å². The van der Waals surface area contributed by atoms with Gasteiger partial charge < -0.3 is 21.2 Å². The Balaban J connectivity index is 1.92. The van der Waals surface area contributed by atoms with E-state index in [-0.39, 0.29) is 11.9 Å². The number of nitrogens with zero attached hydrogens (tertiary/aromatic N) is 2. The van der Waals surface area contributed by atoms with E-state index in [1.54, 1.807) is 12.1 Å². The molecule has 0 spiro atoms. The van der Waals surface area contributed by atoms with Gasteiger partial charge in [-0.2, -0.15) is 0 Å². The molecule has 0 aliphatic heterocycles. The molecule has 108 valence electrons. The average molecular weight is 284 g/mol. The molecule has 3 N–H and O–H groups in total. The summed E-state index contributed by atoms with van der Waals surface area (Å²) < 4.78 is 0. The zero-order chi connectivity index (χ0) is 14.8. The molecule has 6 nitrogen and oxygen atoms in total. The van der Waals surface area contributed by atoms with Crippen LogP contribution < -0.4 is 11.1 Å². The maximum atomic E-state index is 11.0. The van der Waals surface area contributed by atoms with Gasteiger partial charge in [-0.1, -0.05) is 6.07 Å². The average Bonchev–Trinajstić information content (AvgIpc) is 2.47. The van der Waals surface area contributed by atoms with Crippen molar-refractivity contribution in [2.45, 2.75) is 25.3 Å². The van der Waals surface area contributed by atoms with Gasteiger partial charge >= 0.3 is 5.82 Å². The summed E-state index contributed by atoms with van der Waals surface area (Å²) in [5.41, 5.74) is 9.41. The second-order valence-corrected chi connectivity index (χ2v) is 5.18. The maximum Gasteiger partial charge on any atom is 0.386 e. The first kappa shape index (κ1) is 13.4. The highest BCUT2D eigenvalue weighted by atomic mass is 16.6. The van der Waals surface area contributed by atoms with Crippen LogP contribution in [-0.2, 0) is 6.42 Å². The van der Waals surface area contributed by atoms with E-state index in [1.165, 1.54) is 11.8 Å². The number of aromatic nitrogens is 1. The molecule has 1 unspecified atom stereocenters. The minimum Gasteiger partial charge on any atom is -0.399 e. The van der Waals surface area contributed by atoms with Crippen molar-refractivity contribution < 1.29 is 4.92 Å². The lowest BCUT2D eigenvalue weighted by atomic mass is 9.87. The largest absolute Gasteiger partial charge is 0.399 e. The number of anilines is 2. The van der Waals surface area contributed by atoms with E-state index < -0.39 is 4.92 Å². The van der Waals surface area contributed by atoms with Crippen molar-refractivity contribution in [2.75, 3.05) is 11.1 Å². The van der Waals surface area contributed by atoms with Crippen molar-refractivity contribution in [3.8, 4) is 0 Å². The second-order valence-electron chi connectivity index (χ2n) is 5.18. The van der Waals surface area contributed by atoms with Gasteiger partial charge in [-0.15, -0.1) is 0 Å². The minimum absolute atomic E-state index is 0.0530. The third-order valence-corrected chi connectivity index (χ3v) is 3.77. The topological polar surface area (TPSA) is 94.1 Å². The van der Waals surface area contributed by atoms with Crippen LogP contribution in [0.15, 0.2) is 36.5 Å². The molecule has 0 amide bonds. The van der Waals surface area contributed by atoms with E-state index in [9.17, 15) is 10.1 Å². The van der Waals surface area contributed by atoms with E-state index in [1.807, 2.05) is 18.2 Å². The number of hydrogen-bond donors (Lipinski definition) is 2. The van der Waals surface area contributed by atoms with Crippen LogP contribution in [0, 0.1) is 10.1 Å². The molecule has 0 fully saturated rings. The predicted molar refractivity (Wildman–Crippen MR) is 81.0 cm³/mol. The Hall–Kier alpha value is -2.63. The molecule has 1 aromatic heterocycles. The summed E-state index contributed by atoms with van der Waals surface area (Å²) in [6.45, 7) is 0. The Morgan fingerprint density at radius 2 is 2.24 bits per heavy atom. The highest BCUT2D eigenvalue weighted by Crippen LogP contribution is 2.35. The molecule has 1 atom stereocenters. The van der Waals surface area contributed by atoms with Gasteiger partial charge in [0, 0.05) is 5.69 Å². The fraction of sp³-hybridized carbons (Fsp3) is 0.267. The normalized spacial score (nSPS) is 17.0. The number of hydrogen-bond acceptors (Lipinski definition) is 5. The second kappa shape index (κ2) is 5.40. The van der Waals surface area contributed by atoms with Crippen molar-refractivity contribution in [1.29, 1.82) is 0 Å². The Kier molecular flexibility index (Phi) is 3.43. The summed E-state index contributed by atoms with van der Waals surface area (Å²) in [6, 6.07) is 9.30. The van der Waals surface area contributed by atoms with E-state index in [4.69, 9.17) is 5.73 Å². The molecular formula is C15H16N4O2. The monoisotopic (exact) mass is 284 g/mol. The zero-order valence-electron chi connectivity index (χ0n) is 11.5. The number of nitrogens with one attached hydrogen (secondary N) is 1. The van der Waals surface area contributed by atoms with Gasteiger partial charge in [-0.3, -0.25) is 0 Å². The summed E-state index contributed by atoms with van der Waals surface area (Å²) in [7, 11) is 0. The Morgan fingerprint density at radius 3 is 3.05 bits per heavy atom. The lowest BCUT2D eigenvalue weighted by Gasteiger charge is -2.27. The van der Waals surface area contributed by atoms with Gasteiger partial charge in [-0.05, 0) is 64.6 Å². The van der Waals surface area contributed by atoms with E-state index in [2.05, 4.69) is 10.3 Å².